The summed E-state index contributed by atoms with van der Waals surface area (Å²) in [5.74, 6) is -2.95. The molecule has 1 aromatic carbocycles. The number of hydrogen-bond acceptors (Lipinski definition) is 2. The first-order valence-corrected chi connectivity index (χ1v) is 7.46. The van der Waals surface area contributed by atoms with Gasteiger partial charge < -0.3 is 10.4 Å². The van der Waals surface area contributed by atoms with Gasteiger partial charge in [-0.15, -0.1) is 0 Å². The van der Waals surface area contributed by atoms with Crippen molar-refractivity contribution in [3.63, 3.8) is 0 Å². The van der Waals surface area contributed by atoms with Gasteiger partial charge in [0.05, 0.1) is 0 Å². The van der Waals surface area contributed by atoms with Gasteiger partial charge in [-0.2, -0.15) is 0 Å². The highest BCUT2D eigenvalue weighted by Crippen LogP contribution is 2.11. The second kappa shape index (κ2) is 9.02. The number of halogens is 2. The first-order chi connectivity index (χ1) is 10.8. The topological polar surface area (TPSA) is 66.4 Å². The normalized spacial score (nSPS) is 13.7. The lowest BCUT2D eigenvalue weighted by atomic mass is 10.0. The van der Waals surface area contributed by atoms with Gasteiger partial charge in [0.15, 0.2) is 0 Å². The maximum Gasteiger partial charge on any atom is 0.326 e. The summed E-state index contributed by atoms with van der Waals surface area (Å²) in [6.45, 7) is 4.08. The van der Waals surface area contributed by atoms with Gasteiger partial charge in [0.1, 0.15) is 17.7 Å². The Bertz CT molecular complexity index is 567. The van der Waals surface area contributed by atoms with Crippen LogP contribution in [0.3, 0.4) is 0 Å². The van der Waals surface area contributed by atoms with Gasteiger partial charge in [0.2, 0.25) is 5.91 Å². The molecule has 0 aliphatic rings. The molecule has 0 fully saturated rings. The lowest BCUT2D eigenvalue weighted by molar-refractivity contribution is -0.141. The van der Waals surface area contributed by atoms with Crippen molar-refractivity contribution in [1.29, 1.82) is 0 Å². The maximum atomic E-state index is 13.1. The van der Waals surface area contributed by atoms with E-state index >= 15 is 0 Å². The zero-order valence-corrected chi connectivity index (χ0v) is 13.2. The van der Waals surface area contributed by atoms with Crippen LogP contribution in [0.25, 0.3) is 0 Å². The molecule has 0 bridgehead atoms. The zero-order valence-electron chi connectivity index (χ0n) is 13.2. The summed E-state index contributed by atoms with van der Waals surface area (Å²) in [5, 5.41) is 11.5. The fraction of sp³-hybridized carbons (Fsp3) is 0.412. The van der Waals surface area contributed by atoms with E-state index in [1.807, 2.05) is 13.8 Å². The molecule has 0 saturated heterocycles. The summed E-state index contributed by atoms with van der Waals surface area (Å²) in [6.07, 6.45) is 4.47. The van der Waals surface area contributed by atoms with Gasteiger partial charge in [-0.25, -0.2) is 13.6 Å². The molecule has 0 spiro atoms. The van der Waals surface area contributed by atoms with Crippen LogP contribution < -0.4 is 5.32 Å². The Morgan fingerprint density at radius 2 is 1.87 bits per heavy atom. The van der Waals surface area contributed by atoms with Gasteiger partial charge >= 0.3 is 5.97 Å². The van der Waals surface area contributed by atoms with Crippen LogP contribution in [0.15, 0.2) is 30.4 Å². The first-order valence-electron chi connectivity index (χ1n) is 7.46. The van der Waals surface area contributed by atoms with Gasteiger partial charge in [0.25, 0.3) is 0 Å². The summed E-state index contributed by atoms with van der Waals surface area (Å²) in [4.78, 5) is 23.0. The summed E-state index contributed by atoms with van der Waals surface area (Å²) < 4.78 is 26.3. The molecule has 1 amide bonds. The molecule has 0 aromatic heterocycles. The molecule has 0 aliphatic carbocycles. The SMILES string of the molecule is CCC(C)CC=CC(=O)N[C@@H](Cc1cc(F)cc(F)c1)C(=O)O. The van der Waals surface area contributed by atoms with Crippen LogP contribution in [0.2, 0.25) is 0 Å². The molecule has 0 heterocycles. The Kier molecular flexibility index (Phi) is 7.38. The Balaban J connectivity index is 2.68. The van der Waals surface area contributed by atoms with E-state index in [2.05, 4.69) is 5.32 Å². The minimum Gasteiger partial charge on any atom is -0.480 e. The molecule has 23 heavy (non-hydrogen) atoms. The molecular formula is C17H21F2NO3. The zero-order chi connectivity index (χ0) is 17.4. The lowest BCUT2D eigenvalue weighted by Gasteiger charge is -2.13. The number of nitrogens with one attached hydrogen (secondary N) is 1. The van der Waals surface area contributed by atoms with Gasteiger partial charge in [-0.05, 0) is 36.1 Å². The molecule has 2 N–H and O–H groups in total. The molecule has 0 radical (unpaired) electrons. The fourth-order valence-electron chi connectivity index (χ4n) is 1.96. The predicted molar refractivity (Wildman–Crippen MR) is 82.8 cm³/mol. The Morgan fingerprint density at radius 1 is 1.26 bits per heavy atom. The van der Waals surface area contributed by atoms with Crippen molar-refractivity contribution in [1.82, 2.24) is 5.32 Å². The van der Waals surface area contributed by atoms with E-state index in [4.69, 9.17) is 5.11 Å². The predicted octanol–water partition coefficient (Wildman–Crippen LogP) is 3.07. The van der Waals surface area contributed by atoms with Crippen molar-refractivity contribution < 1.29 is 23.5 Å². The smallest absolute Gasteiger partial charge is 0.326 e. The average Bonchev–Trinajstić information content (AvgIpc) is 2.45. The highest BCUT2D eigenvalue weighted by atomic mass is 19.1. The second-order valence-corrected chi connectivity index (χ2v) is 5.53. The minimum atomic E-state index is -1.27. The molecule has 0 saturated carbocycles. The minimum absolute atomic E-state index is 0.166. The standard InChI is InChI=1S/C17H21F2NO3/c1-3-11(2)5-4-6-16(21)20-15(17(22)23)9-12-7-13(18)10-14(19)8-12/h4,6-8,10-11,15H,3,5,9H2,1-2H3,(H,20,21)(H,22,23)/t11?,15-/m0/s1. The summed E-state index contributed by atoms with van der Waals surface area (Å²) in [6, 6.07) is 1.54. The first kappa shape index (κ1) is 18.8. The molecule has 126 valence electrons. The number of rotatable bonds is 8. The number of carbonyl (C=O) groups is 2. The number of carbonyl (C=O) groups excluding carboxylic acids is 1. The second-order valence-electron chi connectivity index (χ2n) is 5.53. The van der Waals surface area contributed by atoms with Crippen LogP contribution in [0.4, 0.5) is 8.78 Å². The van der Waals surface area contributed by atoms with Crippen molar-refractivity contribution in [2.24, 2.45) is 5.92 Å². The number of benzene rings is 1. The third kappa shape index (κ3) is 7.04. The number of aliphatic carboxylic acids is 1. The van der Waals surface area contributed by atoms with Crippen molar-refractivity contribution in [2.75, 3.05) is 0 Å². The number of carboxylic acids is 1. The Hall–Kier alpha value is -2.24. The molecule has 4 nitrogen and oxygen atoms in total. The summed E-state index contributed by atoms with van der Waals surface area (Å²) >= 11 is 0. The highest BCUT2D eigenvalue weighted by molar-refractivity contribution is 5.91. The lowest BCUT2D eigenvalue weighted by Crippen LogP contribution is -2.41. The number of allylic oxidation sites excluding steroid dienone is 1. The molecule has 1 rings (SSSR count). The van der Waals surface area contributed by atoms with E-state index in [1.54, 1.807) is 6.08 Å². The van der Waals surface area contributed by atoms with Crippen LogP contribution in [-0.4, -0.2) is 23.0 Å². The van der Waals surface area contributed by atoms with Crippen molar-refractivity contribution in [3.8, 4) is 0 Å². The van der Waals surface area contributed by atoms with E-state index < -0.39 is 29.6 Å². The number of carboxylic acid groups (broad SMARTS) is 1. The van der Waals surface area contributed by atoms with Crippen molar-refractivity contribution >= 4 is 11.9 Å². The van der Waals surface area contributed by atoms with E-state index in [-0.39, 0.29) is 12.0 Å². The van der Waals surface area contributed by atoms with E-state index in [1.165, 1.54) is 6.08 Å². The summed E-state index contributed by atoms with van der Waals surface area (Å²) in [7, 11) is 0. The van der Waals surface area contributed by atoms with E-state index in [0.717, 1.165) is 25.0 Å². The largest absolute Gasteiger partial charge is 0.480 e. The van der Waals surface area contributed by atoms with Crippen molar-refractivity contribution in [3.05, 3.63) is 47.5 Å². The molecule has 1 unspecified atom stereocenters. The Morgan fingerprint density at radius 3 is 2.39 bits per heavy atom. The van der Waals surface area contributed by atoms with E-state index in [9.17, 15) is 18.4 Å². The Labute approximate surface area is 134 Å². The van der Waals surface area contributed by atoms with Crippen LogP contribution in [0, 0.1) is 17.6 Å². The molecular weight excluding hydrogens is 304 g/mol. The number of hydrogen-bond donors (Lipinski definition) is 2. The average molecular weight is 325 g/mol. The molecule has 6 heteroatoms. The summed E-state index contributed by atoms with van der Waals surface area (Å²) in [5.41, 5.74) is 0.166. The third-order valence-electron chi connectivity index (χ3n) is 3.48. The van der Waals surface area contributed by atoms with Crippen LogP contribution in [0.5, 0.6) is 0 Å². The molecule has 2 atom stereocenters. The van der Waals surface area contributed by atoms with Gasteiger partial charge in [-0.1, -0.05) is 26.3 Å². The van der Waals surface area contributed by atoms with Gasteiger partial charge in [-0.3, -0.25) is 4.79 Å². The third-order valence-corrected chi connectivity index (χ3v) is 3.48. The molecule has 1 aromatic rings. The maximum absolute atomic E-state index is 13.1. The van der Waals surface area contributed by atoms with E-state index in [0.29, 0.717) is 12.0 Å². The number of amides is 1. The van der Waals surface area contributed by atoms with Crippen LogP contribution in [0.1, 0.15) is 32.3 Å². The molecule has 0 aliphatic heterocycles. The van der Waals surface area contributed by atoms with Crippen LogP contribution >= 0.6 is 0 Å². The quantitative estimate of drug-likeness (QED) is 0.722. The monoisotopic (exact) mass is 325 g/mol. The van der Waals surface area contributed by atoms with Gasteiger partial charge in [0, 0.05) is 12.5 Å². The highest BCUT2D eigenvalue weighted by Gasteiger charge is 2.20. The van der Waals surface area contributed by atoms with Crippen molar-refractivity contribution in [2.45, 2.75) is 39.2 Å². The fourth-order valence-corrected chi connectivity index (χ4v) is 1.96. The van der Waals surface area contributed by atoms with Crippen LogP contribution in [-0.2, 0) is 16.0 Å².